The van der Waals surface area contributed by atoms with Crippen LogP contribution in [-0.2, 0) is 11.0 Å². The van der Waals surface area contributed by atoms with Gasteiger partial charge in [-0.3, -0.25) is 9.59 Å². The zero-order valence-corrected chi connectivity index (χ0v) is 9.79. The zero-order chi connectivity index (χ0) is 14.8. The van der Waals surface area contributed by atoms with Crippen LogP contribution in [0.4, 0.5) is 13.2 Å². The number of nitrogens with zero attached hydrogens (tertiary/aromatic N) is 2. The van der Waals surface area contributed by atoms with E-state index in [1.54, 1.807) is 0 Å². The highest BCUT2D eigenvalue weighted by Gasteiger charge is 2.30. The van der Waals surface area contributed by atoms with Gasteiger partial charge >= 0.3 is 6.18 Å². The summed E-state index contributed by atoms with van der Waals surface area (Å²) in [5.74, 6) is -0.0896. The van der Waals surface area contributed by atoms with Gasteiger partial charge in [0.2, 0.25) is 0 Å². The number of carbonyl (C=O) groups is 1. The smallest absolute Gasteiger partial charge is 0.416 e. The first-order chi connectivity index (χ1) is 9.41. The van der Waals surface area contributed by atoms with E-state index in [0.717, 1.165) is 29.1 Å². The first kappa shape index (κ1) is 13.8. The van der Waals surface area contributed by atoms with E-state index in [2.05, 4.69) is 9.84 Å². The van der Waals surface area contributed by atoms with Crippen molar-refractivity contribution in [1.82, 2.24) is 9.78 Å². The van der Waals surface area contributed by atoms with Gasteiger partial charge in [-0.15, -0.1) is 0 Å². The summed E-state index contributed by atoms with van der Waals surface area (Å²) in [6.45, 7) is 0.116. The molecule has 1 aromatic heterocycles. The first-order valence-electron chi connectivity index (χ1n) is 5.29. The van der Waals surface area contributed by atoms with E-state index >= 15 is 0 Å². The second-order valence-electron chi connectivity index (χ2n) is 3.70. The molecule has 0 aliphatic rings. The summed E-state index contributed by atoms with van der Waals surface area (Å²) in [6.07, 6.45) is -3.46. The number of ether oxygens (including phenoxy) is 1. The monoisotopic (exact) mass is 284 g/mol. The molecule has 1 heterocycles. The third-order valence-corrected chi connectivity index (χ3v) is 2.38. The lowest BCUT2D eigenvalue weighted by Gasteiger charge is -2.09. The fourth-order valence-corrected chi connectivity index (χ4v) is 1.52. The summed E-state index contributed by atoms with van der Waals surface area (Å²) < 4.78 is 42.9. The summed E-state index contributed by atoms with van der Waals surface area (Å²) in [6, 6.07) is 5.11. The Morgan fingerprint density at radius 3 is 2.60 bits per heavy atom. The summed E-state index contributed by atoms with van der Waals surface area (Å²) in [5, 5.41) is 3.64. The molecule has 2 aromatic rings. The van der Waals surface area contributed by atoms with Gasteiger partial charge in [0.05, 0.1) is 17.4 Å². The van der Waals surface area contributed by atoms with Gasteiger partial charge in [0, 0.05) is 6.07 Å². The molecular formula is C12H7F3N2O3. The van der Waals surface area contributed by atoms with Crippen molar-refractivity contribution in [3.63, 3.8) is 0 Å². The third-order valence-electron chi connectivity index (χ3n) is 2.38. The van der Waals surface area contributed by atoms with E-state index in [4.69, 9.17) is 0 Å². The Bertz CT molecular complexity index is 695. The molecule has 0 radical (unpaired) electrons. The average Bonchev–Trinajstić information content (AvgIpc) is 2.38. The summed E-state index contributed by atoms with van der Waals surface area (Å²) in [4.78, 5) is 21.8. The van der Waals surface area contributed by atoms with Crippen LogP contribution in [0.15, 0.2) is 41.3 Å². The lowest BCUT2D eigenvalue weighted by molar-refractivity contribution is -0.137. The minimum Gasteiger partial charge on any atom is -0.427 e. The second kappa shape index (κ2) is 5.16. The molecule has 104 valence electrons. The maximum absolute atomic E-state index is 12.6. The first-order valence-corrected chi connectivity index (χ1v) is 5.29. The molecule has 0 amide bonds. The molecule has 0 atom stereocenters. The SMILES string of the molecule is O=COc1cnn(-c2cccc(C(F)(F)F)c2)c(=O)c1. The van der Waals surface area contributed by atoms with E-state index in [9.17, 15) is 22.8 Å². The molecule has 0 unspecified atom stereocenters. The van der Waals surface area contributed by atoms with E-state index in [1.807, 2.05) is 0 Å². The molecule has 0 N–H and O–H groups in total. The molecule has 8 heteroatoms. The zero-order valence-electron chi connectivity index (χ0n) is 9.79. The van der Waals surface area contributed by atoms with Crippen LogP contribution in [0.25, 0.3) is 5.69 Å². The third kappa shape index (κ3) is 2.85. The van der Waals surface area contributed by atoms with Crippen molar-refractivity contribution >= 4 is 6.47 Å². The molecule has 0 saturated heterocycles. The number of benzene rings is 1. The molecule has 0 aliphatic carbocycles. The Hall–Kier alpha value is -2.64. The molecule has 20 heavy (non-hydrogen) atoms. The van der Waals surface area contributed by atoms with Crippen LogP contribution >= 0.6 is 0 Å². The minimum absolute atomic E-state index is 0.0394. The molecule has 2 rings (SSSR count). The highest BCUT2D eigenvalue weighted by atomic mass is 19.4. The Morgan fingerprint density at radius 2 is 2.00 bits per heavy atom. The van der Waals surface area contributed by atoms with Gasteiger partial charge in [-0.05, 0) is 18.2 Å². The van der Waals surface area contributed by atoms with E-state index in [-0.39, 0.29) is 17.9 Å². The fraction of sp³-hybridized carbons (Fsp3) is 0.0833. The van der Waals surface area contributed by atoms with Crippen LogP contribution in [-0.4, -0.2) is 16.3 Å². The van der Waals surface area contributed by atoms with Crippen LogP contribution in [0.3, 0.4) is 0 Å². The molecule has 1 aromatic carbocycles. The van der Waals surface area contributed by atoms with Gasteiger partial charge in [-0.1, -0.05) is 6.07 Å². The highest BCUT2D eigenvalue weighted by Crippen LogP contribution is 2.29. The van der Waals surface area contributed by atoms with Crippen molar-refractivity contribution in [1.29, 1.82) is 0 Å². The fourth-order valence-electron chi connectivity index (χ4n) is 1.52. The second-order valence-corrected chi connectivity index (χ2v) is 3.70. The maximum Gasteiger partial charge on any atom is 0.416 e. The standard InChI is InChI=1S/C12H7F3N2O3/c13-12(14,15)8-2-1-3-9(4-8)17-11(19)5-10(6-16-17)20-7-18/h1-7H. The molecule has 0 fully saturated rings. The van der Waals surface area contributed by atoms with Crippen LogP contribution in [0.1, 0.15) is 5.56 Å². The van der Waals surface area contributed by atoms with Crippen LogP contribution in [0.2, 0.25) is 0 Å². The quantitative estimate of drug-likeness (QED) is 0.806. The molecular weight excluding hydrogens is 277 g/mol. The van der Waals surface area contributed by atoms with Gasteiger partial charge < -0.3 is 4.74 Å². The largest absolute Gasteiger partial charge is 0.427 e. The Morgan fingerprint density at radius 1 is 1.25 bits per heavy atom. The number of carbonyl (C=O) groups excluding carboxylic acids is 1. The summed E-state index contributed by atoms with van der Waals surface area (Å²) in [7, 11) is 0. The van der Waals surface area contributed by atoms with E-state index < -0.39 is 17.3 Å². The van der Waals surface area contributed by atoms with E-state index in [1.165, 1.54) is 12.1 Å². The number of alkyl halides is 3. The van der Waals surface area contributed by atoms with Crippen LogP contribution in [0.5, 0.6) is 5.75 Å². The van der Waals surface area contributed by atoms with Gasteiger partial charge in [0.25, 0.3) is 12.0 Å². The summed E-state index contributed by atoms with van der Waals surface area (Å²) in [5.41, 5.74) is -1.65. The Kier molecular flexibility index (Phi) is 3.55. The minimum atomic E-state index is -4.51. The Balaban J connectivity index is 2.47. The predicted octanol–water partition coefficient (Wildman–Crippen LogP) is 1.79. The van der Waals surface area contributed by atoms with Crippen LogP contribution < -0.4 is 10.3 Å². The van der Waals surface area contributed by atoms with Gasteiger partial charge in [-0.25, -0.2) is 0 Å². The molecule has 0 bridgehead atoms. The normalized spacial score (nSPS) is 11.2. The lowest BCUT2D eigenvalue weighted by Crippen LogP contribution is -2.20. The Labute approximate surface area is 110 Å². The number of halogens is 3. The number of hydrogen-bond acceptors (Lipinski definition) is 4. The highest BCUT2D eigenvalue weighted by molar-refractivity contribution is 5.44. The van der Waals surface area contributed by atoms with Gasteiger partial charge in [0.1, 0.15) is 0 Å². The molecule has 0 spiro atoms. The molecule has 0 saturated carbocycles. The number of aromatic nitrogens is 2. The number of hydrogen-bond donors (Lipinski definition) is 0. The lowest BCUT2D eigenvalue weighted by atomic mass is 10.2. The van der Waals surface area contributed by atoms with E-state index in [0.29, 0.717) is 0 Å². The average molecular weight is 284 g/mol. The molecule has 0 aliphatic heterocycles. The van der Waals surface area contributed by atoms with Crippen molar-refractivity contribution in [2.24, 2.45) is 0 Å². The van der Waals surface area contributed by atoms with Gasteiger partial charge in [-0.2, -0.15) is 23.0 Å². The van der Waals surface area contributed by atoms with Crippen molar-refractivity contribution in [2.45, 2.75) is 6.18 Å². The predicted molar refractivity (Wildman–Crippen MR) is 61.5 cm³/mol. The molecule has 5 nitrogen and oxygen atoms in total. The van der Waals surface area contributed by atoms with Crippen molar-refractivity contribution in [2.75, 3.05) is 0 Å². The number of rotatable bonds is 3. The van der Waals surface area contributed by atoms with Crippen molar-refractivity contribution in [3.05, 3.63) is 52.4 Å². The van der Waals surface area contributed by atoms with Gasteiger partial charge in [0.15, 0.2) is 5.75 Å². The van der Waals surface area contributed by atoms with Crippen LogP contribution in [0, 0.1) is 0 Å². The topological polar surface area (TPSA) is 61.2 Å². The van der Waals surface area contributed by atoms with Crippen molar-refractivity contribution < 1.29 is 22.7 Å². The van der Waals surface area contributed by atoms with Crippen molar-refractivity contribution in [3.8, 4) is 11.4 Å². The maximum atomic E-state index is 12.6. The summed E-state index contributed by atoms with van der Waals surface area (Å²) >= 11 is 0.